The van der Waals surface area contributed by atoms with Gasteiger partial charge >= 0.3 is 5.97 Å². The van der Waals surface area contributed by atoms with Gasteiger partial charge in [-0.15, -0.1) is 0 Å². The van der Waals surface area contributed by atoms with E-state index in [0.717, 1.165) is 0 Å². The maximum Gasteiger partial charge on any atom is 0.313 e. The Bertz CT molecular complexity index is 425. The van der Waals surface area contributed by atoms with E-state index in [1.807, 2.05) is 30.8 Å². The van der Waals surface area contributed by atoms with Crippen LogP contribution in [0, 0.1) is 5.41 Å². The molecule has 0 saturated heterocycles. The Labute approximate surface area is 107 Å². The van der Waals surface area contributed by atoms with Crippen LogP contribution in [-0.2, 0) is 4.79 Å². The lowest BCUT2D eigenvalue weighted by molar-refractivity contribution is -0.146. The molecule has 3 nitrogen and oxygen atoms in total. The number of carboxylic acid groups (broad SMARTS) is 1. The highest BCUT2D eigenvalue weighted by Crippen LogP contribution is 2.52. The van der Waals surface area contributed by atoms with E-state index in [9.17, 15) is 9.90 Å². The van der Waals surface area contributed by atoms with Gasteiger partial charge in [0, 0.05) is 24.1 Å². The molecular weight excluding hydrogens is 234 g/mol. The van der Waals surface area contributed by atoms with Gasteiger partial charge in [-0.3, -0.25) is 4.79 Å². The van der Waals surface area contributed by atoms with E-state index in [4.69, 9.17) is 0 Å². The quantitative estimate of drug-likeness (QED) is 0.821. The highest BCUT2D eigenvalue weighted by atomic mass is 32.2. The minimum Gasteiger partial charge on any atom is -0.481 e. The van der Waals surface area contributed by atoms with Gasteiger partial charge in [-0.05, 0) is 26.3 Å². The highest BCUT2D eigenvalue weighted by molar-refractivity contribution is 8.04. The minimum absolute atomic E-state index is 0.0251. The summed E-state index contributed by atoms with van der Waals surface area (Å²) in [5.74, 6) is -0.717. The number of hydrogen-bond acceptors (Lipinski definition) is 3. The van der Waals surface area contributed by atoms with Gasteiger partial charge in [-0.25, -0.2) is 0 Å². The molecule has 0 fully saturated rings. The fourth-order valence-electron chi connectivity index (χ4n) is 2.36. The molecule has 2 rings (SSSR count). The molecule has 0 spiro atoms. The summed E-state index contributed by atoms with van der Waals surface area (Å²) < 4.78 is 0. The Kier molecular flexibility index (Phi) is 2.81. The Morgan fingerprint density at radius 1 is 1.59 bits per heavy atom. The van der Waals surface area contributed by atoms with Gasteiger partial charge in [0.2, 0.25) is 0 Å². The summed E-state index contributed by atoms with van der Waals surface area (Å²) in [6, 6.07) is 0. The van der Waals surface area contributed by atoms with Crippen LogP contribution in [0.1, 0.15) is 33.6 Å². The molecule has 0 bridgehead atoms. The van der Waals surface area contributed by atoms with Gasteiger partial charge < -0.3 is 10.0 Å². The van der Waals surface area contributed by atoms with Crippen molar-refractivity contribution in [2.75, 3.05) is 7.05 Å². The number of nitrogens with zero attached hydrogens (tertiary/aromatic N) is 1. The minimum atomic E-state index is -0.717. The first-order chi connectivity index (χ1) is 7.82. The van der Waals surface area contributed by atoms with E-state index < -0.39 is 11.4 Å². The van der Waals surface area contributed by atoms with Crippen molar-refractivity contribution in [1.82, 2.24) is 4.90 Å². The zero-order valence-corrected chi connectivity index (χ0v) is 11.6. The van der Waals surface area contributed by atoms with Crippen LogP contribution in [0.15, 0.2) is 22.8 Å². The van der Waals surface area contributed by atoms with E-state index >= 15 is 0 Å². The summed E-state index contributed by atoms with van der Waals surface area (Å²) in [7, 11) is 2.05. The van der Waals surface area contributed by atoms with Gasteiger partial charge in [0.15, 0.2) is 0 Å². The van der Waals surface area contributed by atoms with Crippen LogP contribution in [0.25, 0.3) is 0 Å². The van der Waals surface area contributed by atoms with Crippen LogP contribution < -0.4 is 0 Å². The van der Waals surface area contributed by atoms with Crippen LogP contribution >= 0.6 is 11.8 Å². The summed E-state index contributed by atoms with van der Waals surface area (Å²) in [6.45, 7) is 6.27. The molecule has 94 valence electrons. The monoisotopic (exact) mass is 253 g/mol. The predicted molar refractivity (Wildman–Crippen MR) is 70.6 cm³/mol. The Hall–Kier alpha value is -0.900. The second-order valence-corrected chi connectivity index (χ2v) is 6.89. The number of carboxylic acids is 1. The molecule has 1 N–H and O–H groups in total. The number of rotatable bonds is 2. The Balaban J connectivity index is 2.34. The molecule has 0 radical (unpaired) electrons. The predicted octanol–water partition coefficient (Wildman–Crippen LogP) is 3.05. The van der Waals surface area contributed by atoms with Gasteiger partial charge in [-0.1, -0.05) is 24.8 Å². The molecule has 17 heavy (non-hydrogen) atoms. The third-order valence-electron chi connectivity index (χ3n) is 3.95. The average Bonchev–Trinajstić information content (AvgIpc) is 2.49. The van der Waals surface area contributed by atoms with Crippen molar-refractivity contribution in [3.8, 4) is 0 Å². The molecule has 1 atom stereocenters. The van der Waals surface area contributed by atoms with E-state index in [2.05, 4.69) is 25.8 Å². The molecule has 1 aliphatic heterocycles. The van der Waals surface area contributed by atoms with Gasteiger partial charge in [0.25, 0.3) is 0 Å². The maximum atomic E-state index is 11.5. The summed E-state index contributed by atoms with van der Waals surface area (Å²) in [4.78, 5) is 14.9. The Morgan fingerprint density at radius 2 is 2.24 bits per heavy atom. The highest BCUT2D eigenvalue weighted by Gasteiger charge is 2.44. The fraction of sp³-hybridized carbons (Fsp3) is 0.615. The molecular formula is C13H19NO2S. The van der Waals surface area contributed by atoms with E-state index in [0.29, 0.717) is 12.8 Å². The smallest absolute Gasteiger partial charge is 0.313 e. The van der Waals surface area contributed by atoms with Crippen molar-refractivity contribution < 1.29 is 9.90 Å². The van der Waals surface area contributed by atoms with Crippen LogP contribution in [0.3, 0.4) is 0 Å². The molecule has 0 aromatic heterocycles. The first-order valence-electron chi connectivity index (χ1n) is 5.91. The molecule has 0 aromatic carbocycles. The van der Waals surface area contributed by atoms with Gasteiger partial charge in [0.05, 0.1) is 10.3 Å². The standard InChI is InChI=1S/C13H19NO2S/c1-5-13(11(15)16)7-6-10-9(8-13)14(4)12(2,3)17-10/h6-7H,5,8H2,1-4H3,(H,15,16). The van der Waals surface area contributed by atoms with Crippen molar-refractivity contribution in [1.29, 1.82) is 0 Å². The normalized spacial score (nSPS) is 30.7. The van der Waals surface area contributed by atoms with Gasteiger partial charge in [-0.2, -0.15) is 0 Å². The molecule has 1 aliphatic carbocycles. The summed E-state index contributed by atoms with van der Waals surface area (Å²) in [6.07, 6.45) is 5.11. The lowest BCUT2D eigenvalue weighted by Gasteiger charge is -2.34. The number of thioether (sulfide) groups is 1. The van der Waals surface area contributed by atoms with Crippen molar-refractivity contribution in [2.24, 2.45) is 5.41 Å². The van der Waals surface area contributed by atoms with Crippen LogP contribution in [0.4, 0.5) is 0 Å². The summed E-state index contributed by atoms with van der Waals surface area (Å²) in [5, 5.41) is 9.43. The van der Waals surface area contributed by atoms with E-state index in [-0.39, 0.29) is 4.87 Å². The lowest BCUT2D eigenvalue weighted by atomic mass is 9.77. The van der Waals surface area contributed by atoms with Crippen LogP contribution in [0.5, 0.6) is 0 Å². The topological polar surface area (TPSA) is 40.5 Å². The first kappa shape index (κ1) is 12.6. The molecule has 0 saturated carbocycles. The first-order valence-corrected chi connectivity index (χ1v) is 6.73. The largest absolute Gasteiger partial charge is 0.481 e. The lowest BCUT2D eigenvalue weighted by Crippen LogP contribution is -2.37. The zero-order chi connectivity index (χ0) is 12.8. The van der Waals surface area contributed by atoms with E-state index in [1.54, 1.807) is 0 Å². The molecule has 0 amide bonds. The number of aliphatic carboxylic acids is 1. The van der Waals surface area contributed by atoms with Crippen LogP contribution in [-0.4, -0.2) is 27.9 Å². The van der Waals surface area contributed by atoms with Crippen molar-refractivity contribution in [2.45, 2.75) is 38.5 Å². The average molecular weight is 253 g/mol. The molecule has 4 heteroatoms. The second-order valence-electron chi connectivity index (χ2n) is 5.24. The van der Waals surface area contributed by atoms with Crippen molar-refractivity contribution in [3.05, 3.63) is 22.8 Å². The van der Waals surface area contributed by atoms with E-state index in [1.165, 1.54) is 10.6 Å². The molecule has 2 aliphatic rings. The third kappa shape index (κ3) is 1.79. The fourth-order valence-corrected chi connectivity index (χ4v) is 3.60. The van der Waals surface area contributed by atoms with Gasteiger partial charge in [0.1, 0.15) is 0 Å². The third-order valence-corrected chi connectivity index (χ3v) is 5.32. The van der Waals surface area contributed by atoms with Crippen LogP contribution in [0.2, 0.25) is 0 Å². The molecule has 0 aromatic rings. The summed E-state index contributed by atoms with van der Waals surface area (Å²) in [5.41, 5.74) is 0.459. The Morgan fingerprint density at radius 3 is 2.76 bits per heavy atom. The number of allylic oxidation sites excluding steroid dienone is 2. The summed E-state index contributed by atoms with van der Waals surface area (Å²) >= 11 is 1.81. The zero-order valence-electron chi connectivity index (χ0n) is 10.8. The SMILES string of the molecule is CCC1(C(=O)O)C=CC2=C(C1)N(C)C(C)(C)S2. The maximum absolute atomic E-state index is 11.5. The van der Waals surface area contributed by atoms with Crippen molar-refractivity contribution in [3.63, 3.8) is 0 Å². The second kappa shape index (κ2) is 3.80. The molecule has 1 heterocycles. The molecule has 1 unspecified atom stereocenters. The van der Waals surface area contributed by atoms with Crippen molar-refractivity contribution >= 4 is 17.7 Å². The number of hydrogen-bond donors (Lipinski definition) is 1. The number of carbonyl (C=O) groups is 1.